The second-order valence-electron chi connectivity index (χ2n) is 27.1. The highest BCUT2D eigenvalue weighted by Gasteiger charge is 2.48. The van der Waals surface area contributed by atoms with Gasteiger partial charge < -0.3 is 168 Å². The summed E-state index contributed by atoms with van der Waals surface area (Å²) >= 11 is 0. The first-order valence-corrected chi connectivity index (χ1v) is 37.9. The van der Waals surface area contributed by atoms with Crippen LogP contribution in [0.1, 0.15) is 59.3 Å². The van der Waals surface area contributed by atoms with E-state index >= 15 is 0 Å². The molecule has 5 heterocycles. The second-order valence-corrected chi connectivity index (χ2v) is 27.1. The van der Waals surface area contributed by atoms with Crippen molar-refractivity contribution >= 4 is 41.4 Å². The van der Waals surface area contributed by atoms with Gasteiger partial charge in [-0.15, -0.1) is 0 Å². The van der Waals surface area contributed by atoms with Crippen molar-refractivity contribution in [3.8, 4) is 0 Å². The van der Waals surface area contributed by atoms with Crippen LogP contribution in [-0.4, -0.2) is 437 Å². The van der Waals surface area contributed by atoms with E-state index < -0.39 is 135 Å². The Labute approximate surface area is 645 Å². The third-order valence-corrected chi connectivity index (χ3v) is 18.3. The summed E-state index contributed by atoms with van der Waals surface area (Å²) in [6, 6.07) is -3.05. The summed E-state index contributed by atoms with van der Waals surface area (Å²) in [6.45, 7) is 6.11. The van der Waals surface area contributed by atoms with Gasteiger partial charge in [0.15, 0.2) is 18.9 Å². The normalized spacial score (nSPS) is 27.2. The highest BCUT2D eigenvalue weighted by Crippen LogP contribution is 2.27. The Kier molecular flexibility index (Phi) is 48.5. The molecule has 42 nitrogen and oxygen atoms in total. The summed E-state index contributed by atoms with van der Waals surface area (Å²) in [4.78, 5) is 92.1. The van der Waals surface area contributed by atoms with Gasteiger partial charge in [-0.05, 0) is 12.8 Å². The number of likely N-dealkylation sites (tertiary alicyclic amines) is 1. The van der Waals surface area contributed by atoms with Crippen LogP contribution in [0.15, 0.2) is 0 Å². The van der Waals surface area contributed by atoms with E-state index in [1.165, 1.54) is 20.8 Å². The summed E-state index contributed by atoms with van der Waals surface area (Å²) in [6.07, 6.45) is -14.6. The van der Waals surface area contributed by atoms with Crippen molar-refractivity contribution in [3.05, 3.63) is 0 Å². The van der Waals surface area contributed by atoms with Gasteiger partial charge in [0, 0.05) is 91.9 Å². The Balaban J connectivity index is 1.09. The van der Waals surface area contributed by atoms with Crippen molar-refractivity contribution in [2.24, 2.45) is 5.41 Å². The van der Waals surface area contributed by atoms with Crippen LogP contribution >= 0.6 is 0 Å². The number of carbonyl (C=O) groups is 7. The van der Waals surface area contributed by atoms with Crippen molar-refractivity contribution < 1.29 is 165 Å². The highest BCUT2D eigenvalue weighted by atomic mass is 16.7. The molecule has 0 spiro atoms. The van der Waals surface area contributed by atoms with Crippen LogP contribution in [0.5, 0.6) is 0 Å². The Hall–Kier alpha value is -4.83. The van der Waals surface area contributed by atoms with E-state index in [4.69, 9.17) is 80.5 Å². The molecule has 0 radical (unpaired) electrons. The number of hydrogen-bond donors (Lipinski definition) is 16. The van der Waals surface area contributed by atoms with E-state index in [1.807, 2.05) is 4.90 Å². The predicted molar refractivity (Wildman–Crippen MR) is 380 cm³/mol. The minimum atomic E-state index is -1.46. The number of amides is 7. The number of aliphatic hydroxyl groups excluding tert-OH is 10. The number of hydrogen-bond acceptors (Lipinski definition) is 35. The fraction of sp³-hybridized carbons (Fsp3) is 0.899. The maximum Gasteiger partial charge on any atom is 0.224 e. The third kappa shape index (κ3) is 36.9. The molecule has 0 aromatic heterocycles. The Morgan fingerprint density at radius 3 is 1.02 bits per heavy atom. The number of nitrogens with one attached hydrogen (secondary N) is 6. The zero-order chi connectivity index (χ0) is 80.8. The van der Waals surface area contributed by atoms with Gasteiger partial charge in [0.05, 0.1) is 203 Å². The lowest BCUT2D eigenvalue weighted by molar-refractivity contribution is -0.272. The van der Waals surface area contributed by atoms with Crippen molar-refractivity contribution in [2.75, 3.05) is 231 Å². The van der Waals surface area contributed by atoms with E-state index in [0.717, 1.165) is 19.4 Å². The molecule has 15 unspecified atom stereocenters. The quantitative estimate of drug-likeness (QED) is 0.0252. The summed E-state index contributed by atoms with van der Waals surface area (Å²) in [5, 5.41) is 116. The van der Waals surface area contributed by atoms with Crippen LogP contribution in [-0.2, 0) is 114 Å². The molecule has 5 aliphatic heterocycles. The molecule has 5 aliphatic rings. The number of piperidine rings is 1. The van der Waals surface area contributed by atoms with Gasteiger partial charge in [0.25, 0.3) is 0 Å². The van der Waals surface area contributed by atoms with Crippen molar-refractivity contribution in [2.45, 2.75) is 163 Å². The van der Waals surface area contributed by atoms with E-state index in [-0.39, 0.29) is 240 Å². The average molecular weight is 1610 g/mol. The Morgan fingerprint density at radius 2 is 0.703 bits per heavy atom. The van der Waals surface area contributed by atoms with Gasteiger partial charge >= 0.3 is 0 Å². The second kappa shape index (κ2) is 55.7. The molecule has 0 saturated carbocycles. The van der Waals surface area contributed by atoms with Gasteiger partial charge in [-0.3, -0.25) is 38.5 Å². The molecular formula is C69H124N8O34. The molecule has 7 amide bonds. The first kappa shape index (κ1) is 96.8. The van der Waals surface area contributed by atoms with E-state index in [2.05, 4.69) is 36.8 Å². The van der Waals surface area contributed by atoms with Crippen molar-refractivity contribution in [1.29, 1.82) is 0 Å². The molecule has 111 heavy (non-hydrogen) atoms. The predicted octanol–water partition coefficient (Wildman–Crippen LogP) is -9.39. The first-order valence-electron chi connectivity index (χ1n) is 37.9. The molecule has 644 valence electrons. The number of carbonyl (C=O) groups excluding carboxylic acids is 7. The monoisotopic (exact) mass is 1610 g/mol. The van der Waals surface area contributed by atoms with Gasteiger partial charge in [0.2, 0.25) is 41.4 Å². The molecule has 5 rings (SSSR count). The molecule has 16 N–H and O–H groups in total. The molecule has 16 atom stereocenters. The van der Waals surface area contributed by atoms with Crippen LogP contribution in [0.4, 0.5) is 0 Å². The summed E-state index contributed by atoms with van der Waals surface area (Å²) in [5.74, 6) is -2.64. The largest absolute Gasteiger partial charge is 0.394 e. The lowest BCUT2D eigenvalue weighted by atomic mass is 9.92. The minimum absolute atomic E-state index is 0.00918. The highest BCUT2D eigenvalue weighted by molar-refractivity contribution is 5.77. The molecule has 5 fully saturated rings. The molecule has 5 saturated heterocycles. The standard InChI is InChI=1S/C69H124N8O34/c1-45(82)73-57-63(92)60(89)50(38-79)109-66(57)106-33-30-98-27-24-95-20-10-70-53(85)6-16-101-41-69(44-104-19-9-56(88)76-13-4-48(5-14-76)77-15-23-105-49(36-77)37-78,42-102-17-7-54(86)71-11-21-96-25-28-99-31-34-107-67-58(74-46(2)83)64(93)61(90)51(39-80)110-67)43-103-18-8-55(87)72-12-22-97-26-29-100-32-35-108-68-59(75-47(3)84)65(94)62(91)52(40-81)111-68/h48-52,57-68,78-81,89-94H,4-44H2,1-3H3,(H,70,85)(H,71,86)(H,72,87)(H,73,82)(H,74,83)(H,75,84)/t49-,50?,51?,52?,57?,58?,59?,60?,61?,62?,63?,64?,65?,66?,67?,68?,69?/m0/s1. The molecule has 42 heteroatoms. The molecular weight excluding hydrogens is 1480 g/mol. The minimum Gasteiger partial charge on any atom is -0.394 e. The van der Waals surface area contributed by atoms with Crippen LogP contribution in [0.2, 0.25) is 0 Å². The van der Waals surface area contributed by atoms with Crippen molar-refractivity contribution in [1.82, 2.24) is 41.7 Å². The third-order valence-electron chi connectivity index (χ3n) is 18.3. The van der Waals surface area contributed by atoms with Gasteiger partial charge in [-0.25, -0.2) is 0 Å². The van der Waals surface area contributed by atoms with Crippen LogP contribution in [0.25, 0.3) is 0 Å². The number of rotatable bonds is 58. The van der Waals surface area contributed by atoms with Gasteiger partial charge in [0.1, 0.15) is 73.1 Å². The lowest BCUT2D eigenvalue weighted by Gasteiger charge is -2.42. The number of nitrogens with zero attached hydrogens (tertiary/aromatic N) is 2. The summed E-state index contributed by atoms with van der Waals surface area (Å²) in [7, 11) is 0. The van der Waals surface area contributed by atoms with E-state index in [9.17, 15) is 84.6 Å². The maximum absolute atomic E-state index is 13.6. The molecule has 0 aromatic carbocycles. The first-order chi connectivity index (χ1) is 53.5. The van der Waals surface area contributed by atoms with Crippen LogP contribution in [0.3, 0.4) is 0 Å². The van der Waals surface area contributed by atoms with Gasteiger partial charge in [-0.2, -0.15) is 0 Å². The number of ether oxygens (including phenoxy) is 17. The van der Waals surface area contributed by atoms with E-state index in [0.29, 0.717) is 26.2 Å². The fourth-order valence-electron chi connectivity index (χ4n) is 12.4. The molecule has 0 bridgehead atoms. The fourth-order valence-corrected chi connectivity index (χ4v) is 12.4. The lowest BCUT2D eigenvalue weighted by Crippen LogP contribution is -2.64. The molecule has 0 aromatic rings. The summed E-state index contributed by atoms with van der Waals surface area (Å²) < 4.78 is 97.4. The average Bonchev–Trinajstić information content (AvgIpc) is 0.817. The Bertz CT molecular complexity index is 2380. The topological polar surface area (TPSA) is 557 Å². The number of aliphatic hydroxyl groups is 10. The molecule has 0 aliphatic carbocycles. The van der Waals surface area contributed by atoms with Crippen LogP contribution in [0, 0.1) is 5.41 Å². The van der Waals surface area contributed by atoms with Crippen LogP contribution < -0.4 is 31.9 Å². The van der Waals surface area contributed by atoms with Crippen molar-refractivity contribution in [3.63, 3.8) is 0 Å². The summed E-state index contributed by atoms with van der Waals surface area (Å²) in [5.41, 5.74) is -1.13. The number of morpholine rings is 1. The zero-order valence-electron chi connectivity index (χ0n) is 64.0. The SMILES string of the molecule is CC(=O)NC1C(OCCOCCOCCNC(=O)CCOCC(COCCC(=O)NCCOCCOCCOC2OC(CO)C(O)C(O)C2NC(C)=O)(COCCC(=O)NCCOCCOCCOC2OC(CO)C(O)C(O)C2NC(C)=O)COCCC(=O)N2CCC(N3CCO[C@H](CO)C3)CC2)OC(CO)C(O)C1O. The smallest absolute Gasteiger partial charge is 0.224 e. The zero-order valence-corrected chi connectivity index (χ0v) is 64.0. The van der Waals surface area contributed by atoms with Gasteiger partial charge in [-0.1, -0.05) is 0 Å². The maximum atomic E-state index is 13.6. The van der Waals surface area contributed by atoms with E-state index in [1.54, 1.807) is 0 Å². The Morgan fingerprint density at radius 1 is 0.387 bits per heavy atom.